The van der Waals surface area contributed by atoms with Crippen LogP contribution in [0.25, 0.3) is 0 Å². The molecule has 0 amide bonds. The molecule has 2 aliphatic heterocycles. The van der Waals surface area contributed by atoms with E-state index in [1.54, 1.807) is 12.1 Å². The van der Waals surface area contributed by atoms with Gasteiger partial charge in [-0.15, -0.1) is 0 Å². The lowest BCUT2D eigenvalue weighted by molar-refractivity contribution is -0.844. The number of nitro benzene ring substituents is 1. The molecule has 3 atom stereocenters. The Kier molecular flexibility index (Phi) is 5.68. The molecule has 2 N–H and O–H groups in total. The molecule has 3 unspecified atom stereocenters. The van der Waals surface area contributed by atoms with Gasteiger partial charge in [-0.25, -0.2) is 0 Å². The van der Waals surface area contributed by atoms with E-state index in [9.17, 15) is 15.2 Å². The van der Waals surface area contributed by atoms with Crippen LogP contribution in [0.3, 0.4) is 0 Å². The first kappa shape index (κ1) is 18.3. The minimum atomic E-state index is -0.345. The molecule has 7 heteroatoms. The van der Waals surface area contributed by atoms with Gasteiger partial charge in [0.2, 0.25) is 0 Å². The van der Waals surface area contributed by atoms with E-state index in [-0.39, 0.29) is 23.1 Å². The summed E-state index contributed by atoms with van der Waals surface area (Å²) in [6.45, 7) is 8.35. The second kappa shape index (κ2) is 7.78. The fraction of sp³-hybridized carbons (Fsp3) is 0.667. The normalized spacial score (nSPS) is 28.8. The molecule has 25 heavy (non-hydrogen) atoms. The smallest absolute Gasteiger partial charge is 0.270 e. The fourth-order valence-electron chi connectivity index (χ4n) is 4.34. The molecule has 1 aromatic carbocycles. The van der Waals surface area contributed by atoms with Gasteiger partial charge < -0.3 is 14.9 Å². The molecular formula is C18H29N4O3+. The molecule has 0 aromatic heterocycles. The van der Waals surface area contributed by atoms with Crippen molar-refractivity contribution in [1.82, 2.24) is 9.80 Å². The van der Waals surface area contributed by atoms with Gasteiger partial charge in [0.05, 0.1) is 24.6 Å². The monoisotopic (exact) mass is 349 g/mol. The van der Waals surface area contributed by atoms with Crippen LogP contribution in [-0.4, -0.2) is 78.8 Å². The quantitative estimate of drug-likeness (QED) is 0.593. The van der Waals surface area contributed by atoms with E-state index in [4.69, 9.17) is 0 Å². The van der Waals surface area contributed by atoms with Crippen LogP contribution in [0.2, 0.25) is 0 Å². The summed E-state index contributed by atoms with van der Waals surface area (Å²) in [5.74, 6) is 0.252. The van der Waals surface area contributed by atoms with Crippen LogP contribution in [0, 0.1) is 23.0 Å². The summed E-state index contributed by atoms with van der Waals surface area (Å²) in [6.07, 6.45) is 1.06. The van der Waals surface area contributed by atoms with Crippen LogP contribution in [0.4, 0.5) is 11.4 Å². The Labute approximate surface area is 149 Å². The van der Waals surface area contributed by atoms with E-state index < -0.39 is 0 Å². The third kappa shape index (κ3) is 4.00. The fourth-order valence-corrected chi connectivity index (χ4v) is 4.34. The van der Waals surface area contributed by atoms with E-state index >= 15 is 0 Å². The lowest BCUT2D eigenvalue weighted by atomic mass is 9.90. The first-order valence-electron chi connectivity index (χ1n) is 9.13. The number of quaternary nitrogens is 1. The highest BCUT2D eigenvalue weighted by molar-refractivity contribution is 5.47. The topological polar surface area (TPSA) is 74.3 Å². The Hall–Kier alpha value is -1.54. The number of nitrogens with one attached hydrogen (secondary N) is 1. The molecule has 1 aromatic rings. The summed E-state index contributed by atoms with van der Waals surface area (Å²) >= 11 is 0. The van der Waals surface area contributed by atoms with E-state index in [2.05, 4.69) is 16.8 Å². The van der Waals surface area contributed by atoms with Crippen LogP contribution >= 0.6 is 0 Å². The molecule has 138 valence electrons. The number of aryl methyl sites for hydroxylation is 1. The van der Waals surface area contributed by atoms with Crippen molar-refractivity contribution in [3.63, 3.8) is 0 Å². The summed E-state index contributed by atoms with van der Waals surface area (Å²) in [5.41, 5.74) is 2.23. The average molecular weight is 349 g/mol. The predicted octanol–water partition coefficient (Wildman–Crippen LogP) is 0.0478. The maximum absolute atomic E-state index is 10.9. The minimum Gasteiger partial charge on any atom is -0.396 e. The number of likely N-dealkylation sites (N-methyl/N-ethyl adjacent to an activating group) is 1. The second-order valence-corrected chi connectivity index (χ2v) is 7.45. The van der Waals surface area contributed by atoms with Gasteiger partial charge in [-0.05, 0) is 14.0 Å². The van der Waals surface area contributed by atoms with Gasteiger partial charge in [-0.2, -0.15) is 0 Å². The van der Waals surface area contributed by atoms with Crippen molar-refractivity contribution in [3.8, 4) is 0 Å². The van der Waals surface area contributed by atoms with E-state index in [1.165, 1.54) is 4.90 Å². The van der Waals surface area contributed by atoms with Crippen LogP contribution in [0.15, 0.2) is 18.2 Å². The molecule has 0 spiro atoms. The van der Waals surface area contributed by atoms with Crippen molar-refractivity contribution in [1.29, 1.82) is 0 Å². The van der Waals surface area contributed by atoms with E-state index in [1.807, 2.05) is 13.0 Å². The zero-order valence-electron chi connectivity index (χ0n) is 15.1. The Morgan fingerprint density at radius 1 is 1.32 bits per heavy atom. The van der Waals surface area contributed by atoms with Crippen molar-refractivity contribution in [2.75, 3.05) is 52.9 Å². The molecule has 0 aliphatic carbocycles. The zero-order valence-corrected chi connectivity index (χ0v) is 15.1. The number of hydrogen-bond acceptors (Lipinski definition) is 5. The van der Waals surface area contributed by atoms with Crippen molar-refractivity contribution in [2.45, 2.75) is 19.4 Å². The second-order valence-electron chi connectivity index (χ2n) is 7.45. The lowest BCUT2D eigenvalue weighted by Gasteiger charge is -2.44. The van der Waals surface area contributed by atoms with Gasteiger partial charge in [0.15, 0.2) is 0 Å². The number of piperidine rings is 1. The van der Waals surface area contributed by atoms with Gasteiger partial charge in [-0.3, -0.25) is 15.0 Å². The third-order valence-electron chi connectivity index (χ3n) is 5.84. The third-order valence-corrected chi connectivity index (χ3v) is 5.84. The number of aliphatic hydroxyl groups excluding tert-OH is 1. The molecule has 0 bridgehead atoms. The van der Waals surface area contributed by atoms with Crippen molar-refractivity contribution in [3.05, 3.63) is 33.9 Å². The molecule has 2 saturated heterocycles. The summed E-state index contributed by atoms with van der Waals surface area (Å²) in [7, 11) is 2.16. The van der Waals surface area contributed by atoms with Crippen LogP contribution in [0.5, 0.6) is 0 Å². The summed E-state index contributed by atoms with van der Waals surface area (Å²) in [6, 6.07) is 5.58. The highest BCUT2D eigenvalue weighted by Crippen LogP contribution is 2.22. The minimum absolute atomic E-state index is 0.145. The predicted molar refractivity (Wildman–Crippen MR) is 96.2 cm³/mol. The van der Waals surface area contributed by atoms with Crippen molar-refractivity contribution < 1.29 is 14.9 Å². The van der Waals surface area contributed by atoms with E-state index in [0.717, 1.165) is 56.9 Å². The standard InChI is InChI=1S/C18H28N4O3/c1-14-11-16(22(24)25)3-4-17(14)21-6-5-18(15(12-21)13-23)20-9-7-19(2)8-10-20/h3-4,11,15,18,23H,5-10,12-13H2,1-2H3/p+1. The number of non-ortho nitro benzene ring substituents is 1. The number of nitro groups is 1. The van der Waals surface area contributed by atoms with Gasteiger partial charge in [0.25, 0.3) is 5.69 Å². The Morgan fingerprint density at radius 2 is 2.04 bits per heavy atom. The maximum atomic E-state index is 10.9. The van der Waals surface area contributed by atoms with Crippen molar-refractivity contribution in [2.24, 2.45) is 5.92 Å². The number of benzene rings is 1. The Morgan fingerprint density at radius 3 is 2.64 bits per heavy atom. The molecule has 2 aliphatic rings. The maximum Gasteiger partial charge on any atom is 0.270 e. The van der Waals surface area contributed by atoms with Gasteiger partial charge in [0.1, 0.15) is 5.69 Å². The first-order valence-corrected chi connectivity index (χ1v) is 9.13. The number of aliphatic hydroxyl groups is 1. The highest BCUT2D eigenvalue weighted by atomic mass is 16.6. The van der Waals surface area contributed by atoms with Gasteiger partial charge in [0, 0.05) is 68.3 Å². The largest absolute Gasteiger partial charge is 0.396 e. The van der Waals surface area contributed by atoms with Crippen LogP contribution in [0.1, 0.15) is 12.0 Å². The molecular weight excluding hydrogens is 320 g/mol. The van der Waals surface area contributed by atoms with Gasteiger partial charge in [-0.1, -0.05) is 0 Å². The molecule has 3 rings (SSSR count). The van der Waals surface area contributed by atoms with Crippen molar-refractivity contribution >= 4 is 11.4 Å². The summed E-state index contributed by atoms with van der Waals surface area (Å²) < 4.78 is 0. The molecule has 7 nitrogen and oxygen atoms in total. The average Bonchev–Trinajstić information content (AvgIpc) is 2.62. The summed E-state index contributed by atoms with van der Waals surface area (Å²) in [4.78, 5) is 16.8. The van der Waals surface area contributed by atoms with Crippen LogP contribution in [-0.2, 0) is 0 Å². The molecule has 2 fully saturated rings. The molecule has 2 heterocycles. The molecule has 0 radical (unpaired) electrons. The lowest BCUT2D eigenvalue weighted by Crippen LogP contribution is -3.10. The molecule has 0 saturated carbocycles. The van der Waals surface area contributed by atoms with Gasteiger partial charge >= 0.3 is 0 Å². The zero-order chi connectivity index (χ0) is 18.0. The number of piperazine rings is 1. The first-order chi connectivity index (χ1) is 12.0. The number of nitrogens with zero attached hydrogens (tertiary/aromatic N) is 3. The van der Waals surface area contributed by atoms with Crippen LogP contribution < -0.4 is 4.90 Å². The Bertz CT molecular complexity index is 616. The number of rotatable bonds is 4. The number of hydrogen-bond donors (Lipinski definition) is 2. The highest BCUT2D eigenvalue weighted by Gasteiger charge is 2.37. The summed E-state index contributed by atoms with van der Waals surface area (Å²) in [5, 5.41) is 20.9. The SMILES string of the molecule is Cc1cc([N+](=O)[O-])ccc1[NH+]1CCC(N2CCN(C)CC2)C(CO)C1. The van der Waals surface area contributed by atoms with E-state index in [0.29, 0.717) is 6.04 Å². The Balaban J connectivity index is 1.70.